The van der Waals surface area contributed by atoms with Crippen LogP contribution in [0, 0.1) is 0 Å². The number of nitrogens with zero attached hydrogens (tertiary/aromatic N) is 1. The highest BCUT2D eigenvalue weighted by Crippen LogP contribution is 2.61. The lowest BCUT2D eigenvalue weighted by Gasteiger charge is -2.48. The van der Waals surface area contributed by atoms with Gasteiger partial charge in [-0.15, -0.1) is 0 Å². The van der Waals surface area contributed by atoms with Gasteiger partial charge in [-0.1, -0.05) is 18.2 Å². The second-order valence-corrected chi connectivity index (χ2v) is 8.08. The number of carbonyl (C=O) groups is 1. The lowest BCUT2D eigenvalue weighted by molar-refractivity contribution is -0.229. The molecule has 1 aromatic carbocycles. The topological polar surface area (TPSA) is 57.2 Å². The third kappa shape index (κ3) is 2.89. The van der Waals surface area contributed by atoms with Gasteiger partial charge in [-0.25, -0.2) is 0 Å². The summed E-state index contributed by atoms with van der Waals surface area (Å²) < 4.78 is 24.0. The number of ether oxygens (including phenoxy) is 4. The monoisotopic (exact) mass is 411 g/mol. The van der Waals surface area contributed by atoms with Gasteiger partial charge in [-0.3, -0.25) is 4.79 Å². The molecular weight excluding hydrogens is 382 g/mol. The van der Waals surface area contributed by atoms with Crippen LogP contribution in [0.4, 0.5) is 0 Å². The molecule has 0 bridgehead atoms. The average Bonchev–Trinajstić information content (AvgIpc) is 3.12. The molecule has 0 saturated carbocycles. The summed E-state index contributed by atoms with van der Waals surface area (Å²) in [5.74, 6) is 0.507. The first-order valence-electron chi connectivity index (χ1n) is 10.2. The molecule has 1 heterocycles. The third-order valence-electron chi connectivity index (χ3n) is 6.54. The zero-order valence-corrected chi connectivity index (χ0v) is 18.2. The minimum atomic E-state index is -1.01. The van der Waals surface area contributed by atoms with Crippen molar-refractivity contribution in [3.05, 3.63) is 59.3 Å². The Morgan fingerprint density at radius 3 is 2.73 bits per heavy atom. The van der Waals surface area contributed by atoms with Crippen LogP contribution in [0.25, 0.3) is 0 Å². The highest BCUT2D eigenvalue weighted by Gasteiger charge is 2.63. The van der Waals surface area contributed by atoms with Crippen LogP contribution in [-0.2, 0) is 26.1 Å². The van der Waals surface area contributed by atoms with Crippen LogP contribution in [0.2, 0.25) is 0 Å². The molecule has 0 N–H and O–H groups in total. The molecule has 2 atom stereocenters. The zero-order valence-electron chi connectivity index (χ0n) is 18.2. The van der Waals surface area contributed by atoms with E-state index in [2.05, 4.69) is 18.2 Å². The molecule has 2 aliphatic carbocycles. The summed E-state index contributed by atoms with van der Waals surface area (Å²) in [4.78, 5) is 13.4. The van der Waals surface area contributed by atoms with Crippen LogP contribution in [0.15, 0.2) is 48.2 Å². The molecule has 0 radical (unpaired) electrons. The molecule has 0 aromatic heterocycles. The van der Waals surface area contributed by atoms with Crippen molar-refractivity contribution in [2.75, 3.05) is 34.9 Å². The first kappa shape index (κ1) is 20.7. The Morgan fingerprint density at radius 2 is 2.07 bits per heavy atom. The standard InChI is InChI=1S/C24H29NO5/c1-16(26)11-14-25(2)15-13-23-18-8-6-17-7-9-19(27-3)21(20(17)23)30-22(23)24(28-4,29-5)12-10-18/h7-12,14,22H,6,13,15H2,1-5H3/b14-11+/t22-,23+/m1/s1. The molecule has 0 amide bonds. The fourth-order valence-corrected chi connectivity index (χ4v) is 5.02. The number of methoxy groups -OCH3 is 3. The Morgan fingerprint density at radius 1 is 1.30 bits per heavy atom. The second kappa shape index (κ2) is 7.60. The van der Waals surface area contributed by atoms with Crippen molar-refractivity contribution in [3.63, 3.8) is 0 Å². The molecule has 0 unspecified atom stereocenters. The molecule has 30 heavy (non-hydrogen) atoms. The van der Waals surface area contributed by atoms with E-state index in [0.29, 0.717) is 0 Å². The van der Waals surface area contributed by atoms with Gasteiger partial charge >= 0.3 is 0 Å². The fraction of sp³-hybridized carbons (Fsp3) is 0.458. The third-order valence-corrected chi connectivity index (χ3v) is 6.54. The smallest absolute Gasteiger partial charge is 0.227 e. The summed E-state index contributed by atoms with van der Waals surface area (Å²) in [7, 11) is 6.92. The number of carbonyl (C=O) groups excluding carboxylic acids is 1. The second-order valence-electron chi connectivity index (χ2n) is 8.08. The number of benzene rings is 1. The van der Waals surface area contributed by atoms with Crippen molar-refractivity contribution in [3.8, 4) is 11.5 Å². The Bertz CT molecular complexity index is 943. The van der Waals surface area contributed by atoms with Gasteiger partial charge in [-0.2, -0.15) is 0 Å². The van der Waals surface area contributed by atoms with Crippen molar-refractivity contribution in [2.24, 2.45) is 0 Å². The molecule has 1 aromatic rings. The highest BCUT2D eigenvalue weighted by atomic mass is 16.7. The van der Waals surface area contributed by atoms with Crippen molar-refractivity contribution >= 4 is 5.78 Å². The van der Waals surface area contributed by atoms with E-state index >= 15 is 0 Å². The van der Waals surface area contributed by atoms with E-state index in [-0.39, 0.29) is 5.78 Å². The van der Waals surface area contributed by atoms with E-state index in [9.17, 15) is 4.79 Å². The number of allylic oxidation sites excluding steroid dienone is 3. The van der Waals surface area contributed by atoms with Crippen LogP contribution in [0.3, 0.4) is 0 Å². The largest absolute Gasteiger partial charge is 0.493 e. The maximum atomic E-state index is 11.3. The molecule has 4 rings (SSSR count). The molecular formula is C24H29NO5. The summed E-state index contributed by atoms with van der Waals surface area (Å²) in [5, 5.41) is 0. The van der Waals surface area contributed by atoms with Crippen molar-refractivity contribution in [2.45, 2.75) is 37.1 Å². The molecule has 0 fully saturated rings. The van der Waals surface area contributed by atoms with Gasteiger partial charge in [0.05, 0.1) is 12.5 Å². The Labute approximate surface area is 177 Å². The van der Waals surface area contributed by atoms with Gasteiger partial charge in [0.2, 0.25) is 5.79 Å². The molecule has 3 aliphatic rings. The normalized spacial score (nSPS) is 25.0. The quantitative estimate of drug-likeness (QED) is 0.484. The SMILES string of the molecule is COc1ccc2c3c1O[C@H]1C(OC)(OC)C=CC(=CC2)[C@@]31CCN(C)/C=C/C(C)=O. The van der Waals surface area contributed by atoms with E-state index < -0.39 is 17.3 Å². The van der Waals surface area contributed by atoms with Gasteiger partial charge in [0.15, 0.2) is 23.4 Å². The minimum Gasteiger partial charge on any atom is -0.493 e. The summed E-state index contributed by atoms with van der Waals surface area (Å²) in [6.07, 6.45) is 11.0. The van der Waals surface area contributed by atoms with E-state index in [4.69, 9.17) is 18.9 Å². The minimum absolute atomic E-state index is 0.0274. The average molecular weight is 411 g/mol. The zero-order chi connectivity index (χ0) is 21.5. The van der Waals surface area contributed by atoms with Crippen LogP contribution >= 0.6 is 0 Å². The molecule has 0 spiro atoms. The van der Waals surface area contributed by atoms with Crippen LogP contribution in [0.5, 0.6) is 11.5 Å². The maximum Gasteiger partial charge on any atom is 0.227 e. The van der Waals surface area contributed by atoms with Crippen LogP contribution in [-0.4, -0.2) is 57.5 Å². The van der Waals surface area contributed by atoms with Crippen LogP contribution < -0.4 is 9.47 Å². The summed E-state index contributed by atoms with van der Waals surface area (Å²) in [5.41, 5.74) is 3.17. The summed E-state index contributed by atoms with van der Waals surface area (Å²) >= 11 is 0. The van der Waals surface area contributed by atoms with Crippen molar-refractivity contribution in [1.29, 1.82) is 0 Å². The van der Waals surface area contributed by atoms with E-state index in [0.717, 1.165) is 36.4 Å². The first-order chi connectivity index (χ1) is 14.4. The van der Waals surface area contributed by atoms with Crippen molar-refractivity contribution in [1.82, 2.24) is 4.90 Å². The maximum absolute atomic E-state index is 11.3. The summed E-state index contributed by atoms with van der Waals surface area (Å²) in [6, 6.07) is 4.09. The molecule has 6 nitrogen and oxygen atoms in total. The van der Waals surface area contributed by atoms with Gasteiger partial charge in [0.1, 0.15) is 0 Å². The molecule has 1 aliphatic heterocycles. The predicted molar refractivity (Wildman–Crippen MR) is 114 cm³/mol. The fourth-order valence-electron chi connectivity index (χ4n) is 5.02. The Kier molecular flexibility index (Phi) is 5.24. The first-order valence-corrected chi connectivity index (χ1v) is 10.2. The van der Waals surface area contributed by atoms with Crippen LogP contribution in [0.1, 0.15) is 24.5 Å². The molecule has 160 valence electrons. The molecule has 0 saturated heterocycles. The summed E-state index contributed by atoms with van der Waals surface area (Å²) in [6.45, 7) is 2.28. The highest BCUT2D eigenvalue weighted by molar-refractivity contribution is 5.87. The van der Waals surface area contributed by atoms with Gasteiger partial charge < -0.3 is 23.8 Å². The van der Waals surface area contributed by atoms with Gasteiger partial charge in [0.25, 0.3) is 0 Å². The van der Waals surface area contributed by atoms with E-state index in [1.165, 1.54) is 11.1 Å². The van der Waals surface area contributed by atoms with Gasteiger partial charge in [0, 0.05) is 39.6 Å². The van der Waals surface area contributed by atoms with Crippen molar-refractivity contribution < 1.29 is 23.7 Å². The Hall–Kier alpha value is -2.57. The lowest BCUT2D eigenvalue weighted by Crippen LogP contribution is -2.59. The van der Waals surface area contributed by atoms with Gasteiger partial charge in [-0.05, 0) is 49.1 Å². The number of hydrogen-bond acceptors (Lipinski definition) is 6. The lowest BCUT2D eigenvalue weighted by atomic mass is 9.60. The number of hydrogen-bond donors (Lipinski definition) is 0. The molecule has 6 heteroatoms. The number of rotatable bonds is 8. The number of ketones is 1. The van der Waals surface area contributed by atoms with E-state index in [1.807, 2.05) is 30.3 Å². The Balaban J connectivity index is 1.84. The predicted octanol–water partition coefficient (Wildman–Crippen LogP) is 3.16. The van der Waals surface area contributed by atoms with E-state index in [1.54, 1.807) is 34.3 Å².